The monoisotopic (exact) mass is 388 g/mol. The number of aryl methyl sites for hydroxylation is 3. The number of morpholine rings is 1. The number of rotatable bonds is 6. The smallest absolute Gasteiger partial charge is 0.255 e. The van der Waals surface area contributed by atoms with Crippen LogP contribution in [0, 0.1) is 12.7 Å². The van der Waals surface area contributed by atoms with Crippen LogP contribution in [-0.4, -0.2) is 52.1 Å². The molecular weight excluding hydrogens is 363 g/mol. The SMILES string of the molecule is CCc1nccn1CCC(=O)N1CCO[C@H](C(=O)Nc2cc(C)ccc2F)C1. The molecule has 0 aliphatic carbocycles. The number of amides is 2. The first-order valence-electron chi connectivity index (χ1n) is 9.44. The Morgan fingerprint density at radius 1 is 1.39 bits per heavy atom. The normalized spacial score (nSPS) is 16.8. The molecule has 3 rings (SSSR count). The van der Waals surface area contributed by atoms with Crippen molar-refractivity contribution in [2.24, 2.45) is 0 Å². The molecule has 1 aromatic carbocycles. The van der Waals surface area contributed by atoms with E-state index in [9.17, 15) is 14.0 Å². The molecule has 0 spiro atoms. The highest BCUT2D eigenvalue weighted by Crippen LogP contribution is 2.17. The van der Waals surface area contributed by atoms with Crippen molar-refractivity contribution < 1.29 is 18.7 Å². The molecule has 2 aromatic rings. The van der Waals surface area contributed by atoms with Gasteiger partial charge in [-0.3, -0.25) is 9.59 Å². The van der Waals surface area contributed by atoms with Crippen LogP contribution >= 0.6 is 0 Å². The Kier molecular flexibility index (Phi) is 6.41. The van der Waals surface area contributed by atoms with Crippen LogP contribution in [-0.2, 0) is 27.3 Å². The molecule has 28 heavy (non-hydrogen) atoms. The lowest BCUT2D eigenvalue weighted by atomic mass is 10.2. The van der Waals surface area contributed by atoms with Gasteiger partial charge in [0.1, 0.15) is 11.6 Å². The quantitative estimate of drug-likeness (QED) is 0.823. The largest absolute Gasteiger partial charge is 0.365 e. The number of nitrogens with zero attached hydrogens (tertiary/aromatic N) is 3. The second-order valence-electron chi connectivity index (χ2n) is 6.81. The number of imidazole rings is 1. The van der Waals surface area contributed by atoms with Gasteiger partial charge in [-0.1, -0.05) is 13.0 Å². The van der Waals surface area contributed by atoms with Gasteiger partial charge in [0, 0.05) is 38.3 Å². The number of nitrogens with one attached hydrogen (secondary N) is 1. The van der Waals surface area contributed by atoms with Crippen LogP contribution in [0.15, 0.2) is 30.6 Å². The summed E-state index contributed by atoms with van der Waals surface area (Å²) in [6, 6.07) is 4.51. The minimum Gasteiger partial charge on any atom is -0.365 e. The van der Waals surface area contributed by atoms with E-state index in [1.54, 1.807) is 23.2 Å². The highest BCUT2D eigenvalue weighted by molar-refractivity contribution is 5.95. The molecule has 150 valence electrons. The van der Waals surface area contributed by atoms with Gasteiger partial charge in [0.05, 0.1) is 18.8 Å². The van der Waals surface area contributed by atoms with Gasteiger partial charge in [-0.2, -0.15) is 0 Å². The van der Waals surface area contributed by atoms with Crippen LogP contribution in [0.2, 0.25) is 0 Å². The fraction of sp³-hybridized carbons (Fsp3) is 0.450. The number of anilines is 1. The van der Waals surface area contributed by atoms with Gasteiger partial charge in [-0.05, 0) is 24.6 Å². The number of ether oxygens (including phenoxy) is 1. The summed E-state index contributed by atoms with van der Waals surface area (Å²) >= 11 is 0. The van der Waals surface area contributed by atoms with E-state index in [4.69, 9.17) is 4.74 Å². The maximum absolute atomic E-state index is 13.9. The van der Waals surface area contributed by atoms with Crippen molar-refractivity contribution in [1.82, 2.24) is 14.5 Å². The van der Waals surface area contributed by atoms with Crippen LogP contribution < -0.4 is 5.32 Å². The Morgan fingerprint density at radius 3 is 3.00 bits per heavy atom. The lowest BCUT2D eigenvalue weighted by Crippen LogP contribution is -2.50. The zero-order chi connectivity index (χ0) is 20.1. The van der Waals surface area contributed by atoms with Gasteiger partial charge >= 0.3 is 0 Å². The molecule has 1 fully saturated rings. The van der Waals surface area contributed by atoms with Crippen LogP contribution in [0.25, 0.3) is 0 Å². The van der Waals surface area contributed by atoms with E-state index in [0.717, 1.165) is 17.8 Å². The summed E-state index contributed by atoms with van der Waals surface area (Å²) in [4.78, 5) is 30.9. The van der Waals surface area contributed by atoms with Gasteiger partial charge in [0.25, 0.3) is 5.91 Å². The highest BCUT2D eigenvalue weighted by Gasteiger charge is 2.29. The Morgan fingerprint density at radius 2 is 2.21 bits per heavy atom. The Labute approximate surface area is 163 Å². The average molecular weight is 388 g/mol. The summed E-state index contributed by atoms with van der Waals surface area (Å²) in [5.74, 6) is -0.0644. The van der Waals surface area contributed by atoms with Gasteiger partial charge in [-0.15, -0.1) is 0 Å². The number of hydrogen-bond donors (Lipinski definition) is 1. The first-order valence-corrected chi connectivity index (χ1v) is 9.44. The molecule has 1 aliphatic heterocycles. The fourth-order valence-electron chi connectivity index (χ4n) is 3.21. The third-order valence-corrected chi connectivity index (χ3v) is 4.78. The zero-order valence-corrected chi connectivity index (χ0v) is 16.2. The van der Waals surface area contributed by atoms with Crippen molar-refractivity contribution in [3.05, 3.63) is 47.8 Å². The minimum absolute atomic E-state index is 0.0430. The number of carbonyl (C=O) groups is 2. The molecule has 1 saturated heterocycles. The van der Waals surface area contributed by atoms with E-state index in [-0.39, 0.29) is 24.7 Å². The van der Waals surface area contributed by atoms with E-state index in [0.29, 0.717) is 19.5 Å². The molecular formula is C20H25FN4O3. The highest BCUT2D eigenvalue weighted by atomic mass is 19.1. The Hall–Kier alpha value is -2.74. The van der Waals surface area contributed by atoms with Crippen molar-refractivity contribution in [3.63, 3.8) is 0 Å². The standard InChI is InChI=1S/C20H25FN4O3/c1-3-18-22-7-9-24(18)8-6-19(26)25-10-11-28-17(13-25)20(27)23-16-12-14(2)4-5-15(16)21/h4-5,7,9,12,17H,3,6,8,10-11,13H2,1-2H3,(H,23,27)/t17-/m0/s1. The van der Waals surface area contributed by atoms with Crippen molar-refractivity contribution in [2.45, 2.75) is 39.3 Å². The third-order valence-electron chi connectivity index (χ3n) is 4.78. The molecule has 1 N–H and O–H groups in total. The fourth-order valence-corrected chi connectivity index (χ4v) is 3.21. The van der Waals surface area contributed by atoms with Gasteiger partial charge in [0.2, 0.25) is 5.91 Å². The predicted octanol–water partition coefficient (Wildman–Crippen LogP) is 2.15. The van der Waals surface area contributed by atoms with E-state index in [2.05, 4.69) is 10.3 Å². The van der Waals surface area contributed by atoms with Crippen LogP contribution in [0.3, 0.4) is 0 Å². The van der Waals surface area contributed by atoms with E-state index < -0.39 is 17.8 Å². The molecule has 0 radical (unpaired) electrons. The first kappa shape index (κ1) is 20.0. The van der Waals surface area contributed by atoms with Crippen LogP contribution in [0.1, 0.15) is 24.7 Å². The summed E-state index contributed by atoms with van der Waals surface area (Å²) in [6.45, 7) is 5.24. The van der Waals surface area contributed by atoms with Crippen molar-refractivity contribution in [3.8, 4) is 0 Å². The lowest BCUT2D eigenvalue weighted by molar-refractivity contribution is -0.144. The summed E-state index contributed by atoms with van der Waals surface area (Å²) in [6.07, 6.45) is 3.89. The van der Waals surface area contributed by atoms with E-state index in [1.165, 1.54) is 6.07 Å². The second-order valence-corrected chi connectivity index (χ2v) is 6.81. The van der Waals surface area contributed by atoms with Gasteiger partial charge in [-0.25, -0.2) is 9.37 Å². The summed E-state index contributed by atoms with van der Waals surface area (Å²) in [5, 5.41) is 2.56. The maximum atomic E-state index is 13.9. The molecule has 8 heteroatoms. The lowest BCUT2D eigenvalue weighted by Gasteiger charge is -2.32. The maximum Gasteiger partial charge on any atom is 0.255 e. The number of carbonyl (C=O) groups excluding carboxylic acids is 2. The average Bonchev–Trinajstić information content (AvgIpc) is 3.16. The van der Waals surface area contributed by atoms with Crippen molar-refractivity contribution in [1.29, 1.82) is 0 Å². The summed E-state index contributed by atoms with van der Waals surface area (Å²) in [7, 11) is 0. The molecule has 0 bridgehead atoms. The van der Waals surface area contributed by atoms with E-state index in [1.807, 2.05) is 24.6 Å². The zero-order valence-electron chi connectivity index (χ0n) is 16.2. The summed E-state index contributed by atoms with van der Waals surface area (Å²) < 4.78 is 21.3. The topological polar surface area (TPSA) is 76.5 Å². The van der Waals surface area contributed by atoms with E-state index >= 15 is 0 Å². The number of halogens is 1. The molecule has 1 atom stereocenters. The molecule has 0 saturated carbocycles. The Bertz CT molecular complexity index is 852. The minimum atomic E-state index is -0.822. The summed E-state index contributed by atoms with van der Waals surface area (Å²) in [5.41, 5.74) is 0.952. The third kappa shape index (κ3) is 4.75. The molecule has 1 aliphatic rings. The Balaban J connectivity index is 1.56. The molecule has 7 nitrogen and oxygen atoms in total. The number of hydrogen-bond acceptors (Lipinski definition) is 4. The number of aromatic nitrogens is 2. The van der Waals surface area contributed by atoms with Crippen molar-refractivity contribution in [2.75, 3.05) is 25.0 Å². The molecule has 0 unspecified atom stereocenters. The van der Waals surface area contributed by atoms with Crippen LogP contribution in [0.4, 0.5) is 10.1 Å². The van der Waals surface area contributed by atoms with Crippen molar-refractivity contribution >= 4 is 17.5 Å². The first-order chi connectivity index (χ1) is 13.5. The molecule has 1 aromatic heterocycles. The second kappa shape index (κ2) is 8.97. The van der Waals surface area contributed by atoms with Gasteiger partial charge in [0.15, 0.2) is 6.10 Å². The molecule has 2 amide bonds. The predicted molar refractivity (Wildman–Crippen MR) is 102 cm³/mol. The van der Waals surface area contributed by atoms with Crippen LogP contribution in [0.5, 0.6) is 0 Å². The molecule has 2 heterocycles. The van der Waals surface area contributed by atoms with Gasteiger partial charge < -0.3 is 19.5 Å². The number of benzene rings is 1.